The first-order chi connectivity index (χ1) is 15.9. The predicted octanol–water partition coefficient (Wildman–Crippen LogP) is 6.61. The number of hydrogen-bond donors (Lipinski definition) is 1. The number of fused-ring (bicyclic) bond motifs is 1. The van der Waals surface area contributed by atoms with Gasteiger partial charge in [-0.1, -0.05) is 79.3 Å². The summed E-state index contributed by atoms with van der Waals surface area (Å²) in [6.07, 6.45) is -3.78. The standard InChI is InChI=1S/C25H20F3N3OS/c1-2-16-11-8-12-18-22(16)30-23(17-9-4-3-5-10-17)31-24(18)33-15-21(32)29-20-14-7-6-13-19(20)25(26,27)28/h3-14H,2,15H2,1H3,(H,29,32). The van der Waals surface area contributed by atoms with Gasteiger partial charge in [0.2, 0.25) is 5.91 Å². The number of benzene rings is 3. The van der Waals surface area contributed by atoms with Gasteiger partial charge in [0.05, 0.1) is 22.5 Å². The Hall–Kier alpha value is -3.39. The molecule has 4 rings (SSSR count). The number of thioether (sulfide) groups is 1. The number of carbonyl (C=O) groups excluding carboxylic acids is 1. The van der Waals surface area contributed by atoms with Crippen LogP contribution in [0.3, 0.4) is 0 Å². The molecule has 0 atom stereocenters. The van der Waals surface area contributed by atoms with Crippen LogP contribution in [0.5, 0.6) is 0 Å². The SMILES string of the molecule is CCc1cccc2c(SCC(=O)Nc3ccccc3C(F)(F)F)nc(-c3ccccc3)nc12. The van der Waals surface area contributed by atoms with Gasteiger partial charge >= 0.3 is 6.18 Å². The first-order valence-corrected chi connectivity index (χ1v) is 11.3. The summed E-state index contributed by atoms with van der Waals surface area (Å²) < 4.78 is 39.7. The van der Waals surface area contributed by atoms with E-state index in [-0.39, 0.29) is 11.4 Å². The first-order valence-electron chi connectivity index (χ1n) is 10.3. The number of para-hydroxylation sites is 2. The van der Waals surface area contributed by atoms with E-state index in [1.54, 1.807) is 0 Å². The highest BCUT2D eigenvalue weighted by Gasteiger charge is 2.33. The molecule has 0 unspecified atom stereocenters. The fourth-order valence-electron chi connectivity index (χ4n) is 3.45. The van der Waals surface area contributed by atoms with Crippen molar-refractivity contribution >= 4 is 34.3 Å². The summed E-state index contributed by atoms with van der Waals surface area (Å²) >= 11 is 1.17. The van der Waals surface area contributed by atoms with E-state index >= 15 is 0 Å². The lowest BCUT2D eigenvalue weighted by atomic mass is 10.1. The van der Waals surface area contributed by atoms with Crippen LogP contribution in [-0.4, -0.2) is 21.6 Å². The van der Waals surface area contributed by atoms with Crippen molar-refractivity contribution in [1.29, 1.82) is 0 Å². The molecule has 3 aromatic carbocycles. The van der Waals surface area contributed by atoms with Crippen LogP contribution in [0, 0.1) is 0 Å². The Labute approximate surface area is 193 Å². The van der Waals surface area contributed by atoms with Crippen LogP contribution in [0.15, 0.2) is 77.8 Å². The van der Waals surface area contributed by atoms with Crippen molar-refractivity contribution in [3.8, 4) is 11.4 Å². The predicted molar refractivity (Wildman–Crippen MR) is 125 cm³/mol. The molecular formula is C25H20F3N3OS. The van der Waals surface area contributed by atoms with Crippen LogP contribution in [0.1, 0.15) is 18.1 Å². The normalized spacial score (nSPS) is 11.5. The van der Waals surface area contributed by atoms with Crippen molar-refractivity contribution in [3.63, 3.8) is 0 Å². The van der Waals surface area contributed by atoms with Gasteiger partial charge in [0.1, 0.15) is 5.03 Å². The lowest BCUT2D eigenvalue weighted by molar-refractivity contribution is -0.137. The number of aryl methyl sites for hydroxylation is 1. The summed E-state index contributed by atoms with van der Waals surface area (Å²) in [7, 11) is 0. The van der Waals surface area contributed by atoms with Crippen molar-refractivity contribution in [2.75, 3.05) is 11.1 Å². The van der Waals surface area contributed by atoms with E-state index in [2.05, 4.69) is 10.3 Å². The molecule has 0 saturated carbocycles. The summed E-state index contributed by atoms with van der Waals surface area (Å²) in [5.41, 5.74) is 1.56. The minimum Gasteiger partial charge on any atom is -0.325 e. The van der Waals surface area contributed by atoms with Gasteiger partial charge in [-0.05, 0) is 24.1 Å². The third-order valence-electron chi connectivity index (χ3n) is 5.03. The first kappa shape index (κ1) is 22.8. The average molecular weight is 468 g/mol. The third-order valence-corrected chi connectivity index (χ3v) is 6.03. The minimum atomic E-state index is -4.55. The van der Waals surface area contributed by atoms with Crippen molar-refractivity contribution in [2.24, 2.45) is 0 Å². The molecule has 1 heterocycles. The molecule has 1 N–H and O–H groups in total. The molecule has 0 radical (unpaired) electrons. The minimum absolute atomic E-state index is 0.0944. The second kappa shape index (κ2) is 9.62. The van der Waals surface area contributed by atoms with Gasteiger partial charge in [0.25, 0.3) is 0 Å². The van der Waals surface area contributed by atoms with Crippen LogP contribution in [0.25, 0.3) is 22.3 Å². The van der Waals surface area contributed by atoms with Crippen molar-refractivity contribution in [2.45, 2.75) is 24.5 Å². The molecule has 33 heavy (non-hydrogen) atoms. The zero-order chi connectivity index (χ0) is 23.4. The Bertz CT molecular complexity index is 1290. The van der Waals surface area contributed by atoms with E-state index in [0.717, 1.165) is 34.5 Å². The van der Waals surface area contributed by atoms with Crippen LogP contribution < -0.4 is 5.32 Å². The molecule has 4 aromatic rings. The van der Waals surface area contributed by atoms with Crippen LogP contribution >= 0.6 is 11.8 Å². The smallest absolute Gasteiger partial charge is 0.325 e. The zero-order valence-corrected chi connectivity index (χ0v) is 18.5. The Morgan fingerprint density at radius 2 is 1.67 bits per heavy atom. The van der Waals surface area contributed by atoms with Crippen molar-refractivity contribution in [3.05, 3.63) is 83.9 Å². The molecule has 0 saturated heterocycles. The summed E-state index contributed by atoms with van der Waals surface area (Å²) in [5, 5.41) is 3.79. The molecular weight excluding hydrogens is 447 g/mol. The topological polar surface area (TPSA) is 54.9 Å². The monoisotopic (exact) mass is 467 g/mol. The highest BCUT2D eigenvalue weighted by molar-refractivity contribution is 8.00. The Morgan fingerprint density at radius 1 is 0.939 bits per heavy atom. The number of amides is 1. The van der Waals surface area contributed by atoms with Gasteiger partial charge in [-0.3, -0.25) is 4.79 Å². The molecule has 0 aliphatic rings. The average Bonchev–Trinajstić information content (AvgIpc) is 2.82. The van der Waals surface area contributed by atoms with E-state index in [1.165, 1.54) is 30.0 Å². The molecule has 0 aliphatic heterocycles. The number of anilines is 1. The summed E-state index contributed by atoms with van der Waals surface area (Å²) in [4.78, 5) is 22.0. The highest BCUT2D eigenvalue weighted by Crippen LogP contribution is 2.35. The van der Waals surface area contributed by atoms with Crippen LogP contribution in [0.4, 0.5) is 18.9 Å². The number of alkyl halides is 3. The van der Waals surface area contributed by atoms with Crippen LogP contribution in [0.2, 0.25) is 0 Å². The largest absolute Gasteiger partial charge is 0.418 e. The van der Waals surface area contributed by atoms with Gasteiger partial charge in [0, 0.05) is 10.9 Å². The maximum atomic E-state index is 13.2. The number of nitrogens with one attached hydrogen (secondary N) is 1. The van der Waals surface area contributed by atoms with Gasteiger partial charge in [-0.25, -0.2) is 9.97 Å². The van der Waals surface area contributed by atoms with Gasteiger partial charge in [0.15, 0.2) is 5.82 Å². The van der Waals surface area contributed by atoms with E-state index in [4.69, 9.17) is 4.98 Å². The van der Waals surface area contributed by atoms with Gasteiger partial charge in [-0.15, -0.1) is 0 Å². The summed E-state index contributed by atoms with van der Waals surface area (Å²) in [6, 6.07) is 20.2. The van der Waals surface area contributed by atoms with E-state index < -0.39 is 17.6 Å². The Kier molecular flexibility index (Phi) is 6.65. The zero-order valence-electron chi connectivity index (χ0n) is 17.7. The van der Waals surface area contributed by atoms with Crippen LogP contribution in [-0.2, 0) is 17.4 Å². The summed E-state index contributed by atoms with van der Waals surface area (Å²) in [6.45, 7) is 2.04. The molecule has 4 nitrogen and oxygen atoms in total. The molecule has 1 aromatic heterocycles. The lowest BCUT2D eigenvalue weighted by Gasteiger charge is -2.14. The molecule has 0 spiro atoms. The molecule has 8 heteroatoms. The number of halogens is 3. The third kappa shape index (κ3) is 5.17. The van der Waals surface area contributed by atoms with Gasteiger partial charge in [-0.2, -0.15) is 13.2 Å². The molecule has 1 amide bonds. The van der Waals surface area contributed by atoms with Crippen molar-refractivity contribution < 1.29 is 18.0 Å². The summed E-state index contributed by atoms with van der Waals surface area (Å²) in [5.74, 6) is -0.103. The number of aromatic nitrogens is 2. The molecule has 0 aliphatic carbocycles. The highest BCUT2D eigenvalue weighted by atomic mass is 32.2. The molecule has 0 bridgehead atoms. The second-order valence-electron chi connectivity index (χ2n) is 7.27. The molecule has 168 valence electrons. The Morgan fingerprint density at radius 3 is 2.39 bits per heavy atom. The fourth-order valence-corrected chi connectivity index (χ4v) is 4.27. The second-order valence-corrected chi connectivity index (χ2v) is 8.23. The van der Waals surface area contributed by atoms with E-state index in [0.29, 0.717) is 10.9 Å². The van der Waals surface area contributed by atoms with E-state index in [9.17, 15) is 18.0 Å². The number of rotatable bonds is 6. The number of nitrogens with zero attached hydrogens (tertiary/aromatic N) is 2. The maximum Gasteiger partial charge on any atom is 0.418 e. The fraction of sp³-hybridized carbons (Fsp3) is 0.160. The van der Waals surface area contributed by atoms with E-state index in [1.807, 2.05) is 55.5 Å². The molecule has 0 fully saturated rings. The quantitative estimate of drug-likeness (QED) is 0.256. The van der Waals surface area contributed by atoms with Crippen molar-refractivity contribution in [1.82, 2.24) is 9.97 Å². The Balaban J connectivity index is 1.63. The maximum absolute atomic E-state index is 13.2. The lowest BCUT2D eigenvalue weighted by Crippen LogP contribution is -2.18. The van der Waals surface area contributed by atoms with Gasteiger partial charge < -0.3 is 5.32 Å². The number of carbonyl (C=O) groups is 1. The number of hydrogen-bond acceptors (Lipinski definition) is 4.